The van der Waals surface area contributed by atoms with Gasteiger partial charge in [0.2, 0.25) is 5.95 Å². The molecule has 1 aliphatic carbocycles. The number of thiazole rings is 1. The minimum Gasteiger partial charge on any atom is -0.444 e. The molecule has 0 spiro atoms. The van der Waals surface area contributed by atoms with Gasteiger partial charge in [-0.2, -0.15) is 4.98 Å². The highest BCUT2D eigenvalue weighted by Gasteiger charge is 2.20. The number of hydrogen-bond donors (Lipinski definition) is 5. The van der Waals surface area contributed by atoms with Crippen molar-refractivity contribution in [2.45, 2.75) is 70.7 Å². The van der Waals surface area contributed by atoms with Gasteiger partial charge in [0.05, 0.1) is 11.8 Å². The average molecular weight is 515 g/mol. The molecule has 194 valence electrons. The molecule has 3 heterocycles. The minimum atomic E-state index is -0.527. The first-order valence-corrected chi connectivity index (χ1v) is 13.0. The number of carbonyl (C=O) groups is 1. The number of nitrogens with zero attached hydrogens (tertiary/aromatic N) is 4. The summed E-state index contributed by atoms with van der Waals surface area (Å²) in [5, 5.41) is 23.3. The van der Waals surface area contributed by atoms with E-state index < -0.39 is 11.7 Å². The number of aliphatic hydroxyl groups is 1. The SMILES string of the molecule is CC(C)(C)OC(=O)NCCNCc1cc(Nc2nc3cccnc3s2)nc(NC2CCC(O)CC2)n1. The van der Waals surface area contributed by atoms with Gasteiger partial charge >= 0.3 is 6.09 Å². The third-order valence-electron chi connectivity index (χ3n) is 5.49. The quantitative estimate of drug-likeness (QED) is 0.269. The maximum Gasteiger partial charge on any atom is 0.407 e. The third kappa shape index (κ3) is 7.97. The number of rotatable bonds is 9. The Hall–Kier alpha value is -3.09. The van der Waals surface area contributed by atoms with Crippen LogP contribution in [0.3, 0.4) is 0 Å². The second kappa shape index (κ2) is 11.8. The fraction of sp³-hybridized carbons (Fsp3) is 0.542. The van der Waals surface area contributed by atoms with Gasteiger partial charge < -0.3 is 31.1 Å². The van der Waals surface area contributed by atoms with Gasteiger partial charge in [-0.1, -0.05) is 11.3 Å². The molecular weight excluding hydrogens is 480 g/mol. The predicted octanol–water partition coefficient (Wildman–Crippen LogP) is 3.55. The smallest absolute Gasteiger partial charge is 0.407 e. The largest absolute Gasteiger partial charge is 0.444 e. The lowest BCUT2D eigenvalue weighted by molar-refractivity contribution is 0.0528. The Morgan fingerprint density at radius 1 is 1.17 bits per heavy atom. The van der Waals surface area contributed by atoms with Gasteiger partial charge in [-0.25, -0.2) is 19.7 Å². The van der Waals surface area contributed by atoms with Crippen LogP contribution in [0.5, 0.6) is 0 Å². The van der Waals surface area contributed by atoms with Crippen LogP contribution in [0.2, 0.25) is 0 Å². The van der Waals surface area contributed by atoms with Gasteiger partial charge in [-0.15, -0.1) is 0 Å². The topological polar surface area (TPSA) is 146 Å². The summed E-state index contributed by atoms with van der Waals surface area (Å²) < 4.78 is 5.25. The molecule has 12 heteroatoms. The fourth-order valence-corrected chi connectivity index (χ4v) is 4.65. The zero-order valence-corrected chi connectivity index (χ0v) is 21.7. The van der Waals surface area contributed by atoms with E-state index in [2.05, 4.69) is 41.2 Å². The normalized spacial score (nSPS) is 18.1. The lowest BCUT2D eigenvalue weighted by Gasteiger charge is -2.26. The number of nitrogens with one attached hydrogen (secondary N) is 4. The Morgan fingerprint density at radius 3 is 2.72 bits per heavy atom. The Kier molecular flexibility index (Phi) is 8.49. The van der Waals surface area contributed by atoms with Crippen molar-refractivity contribution in [3.05, 3.63) is 30.1 Å². The molecule has 36 heavy (non-hydrogen) atoms. The van der Waals surface area contributed by atoms with Crippen molar-refractivity contribution in [1.29, 1.82) is 0 Å². The summed E-state index contributed by atoms with van der Waals surface area (Å²) in [6, 6.07) is 5.88. The average Bonchev–Trinajstić information content (AvgIpc) is 3.21. The van der Waals surface area contributed by atoms with E-state index in [9.17, 15) is 9.90 Å². The monoisotopic (exact) mass is 514 g/mol. The van der Waals surface area contributed by atoms with Crippen LogP contribution in [0.25, 0.3) is 10.3 Å². The highest BCUT2D eigenvalue weighted by molar-refractivity contribution is 7.21. The van der Waals surface area contributed by atoms with Crippen LogP contribution >= 0.6 is 11.3 Å². The van der Waals surface area contributed by atoms with Gasteiger partial charge in [0, 0.05) is 37.9 Å². The van der Waals surface area contributed by atoms with E-state index in [0.717, 1.165) is 41.7 Å². The number of anilines is 3. The fourth-order valence-electron chi connectivity index (χ4n) is 3.84. The van der Waals surface area contributed by atoms with Gasteiger partial charge in [0.15, 0.2) is 5.13 Å². The Balaban J connectivity index is 1.39. The van der Waals surface area contributed by atoms with Crippen LogP contribution in [0, 0.1) is 0 Å². The van der Waals surface area contributed by atoms with Crippen LogP contribution in [0.4, 0.5) is 21.7 Å². The summed E-state index contributed by atoms with van der Waals surface area (Å²) in [5.41, 5.74) is 1.10. The zero-order valence-electron chi connectivity index (χ0n) is 20.9. The molecule has 5 N–H and O–H groups in total. The van der Waals surface area contributed by atoms with Crippen molar-refractivity contribution in [2.75, 3.05) is 23.7 Å². The van der Waals surface area contributed by atoms with Crippen molar-refractivity contribution in [1.82, 2.24) is 30.6 Å². The summed E-state index contributed by atoms with van der Waals surface area (Å²) in [4.78, 5) is 30.9. The van der Waals surface area contributed by atoms with Crippen molar-refractivity contribution < 1.29 is 14.6 Å². The van der Waals surface area contributed by atoms with E-state index in [1.165, 1.54) is 11.3 Å². The lowest BCUT2D eigenvalue weighted by atomic mass is 9.93. The molecule has 0 aromatic carbocycles. The number of fused-ring (bicyclic) bond motifs is 1. The molecule has 1 aliphatic rings. The van der Waals surface area contributed by atoms with Crippen molar-refractivity contribution >= 4 is 44.7 Å². The Labute approximate surface area is 214 Å². The van der Waals surface area contributed by atoms with Crippen LogP contribution in [-0.4, -0.2) is 62.0 Å². The number of aliphatic hydroxyl groups excluding tert-OH is 1. The minimum absolute atomic E-state index is 0.217. The van der Waals surface area contributed by atoms with E-state index in [1.54, 1.807) is 6.20 Å². The predicted molar refractivity (Wildman–Crippen MR) is 141 cm³/mol. The summed E-state index contributed by atoms with van der Waals surface area (Å²) in [7, 11) is 0. The van der Waals surface area contributed by atoms with E-state index >= 15 is 0 Å². The lowest BCUT2D eigenvalue weighted by Crippen LogP contribution is -2.36. The molecule has 0 aliphatic heterocycles. The van der Waals surface area contributed by atoms with Gasteiger partial charge in [0.1, 0.15) is 21.8 Å². The molecule has 1 fully saturated rings. The van der Waals surface area contributed by atoms with Crippen LogP contribution in [-0.2, 0) is 11.3 Å². The molecule has 3 aromatic rings. The molecule has 0 saturated heterocycles. The molecule has 0 radical (unpaired) electrons. The second-order valence-corrected chi connectivity index (χ2v) is 10.8. The molecule has 0 bridgehead atoms. The molecule has 11 nitrogen and oxygen atoms in total. The maximum absolute atomic E-state index is 11.8. The first-order valence-electron chi connectivity index (χ1n) is 12.2. The summed E-state index contributed by atoms with van der Waals surface area (Å²) >= 11 is 1.46. The number of carbonyl (C=O) groups excluding carboxylic acids is 1. The van der Waals surface area contributed by atoms with Crippen LogP contribution < -0.4 is 21.3 Å². The number of hydrogen-bond acceptors (Lipinski definition) is 11. The highest BCUT2D eigenvalue weighted by Crippen LogP contribution is 2.27. The Bertz CT molecular complexity index is 1120. The van der Waals surface area contributed by atoms with Gasteiger partial charge in [-0.05, 0) is 58.6 Å². The first kappa shape index (κ1) is 26.0. The van der Waals surface area contributed by atoms with Crippen molar-refractivity contribution in [3.8, 4) is 0 Å². The van der Waals surface area contributed by atoms with E-state index in [1.807, 2.05) is 39.0 Å². The van der Waals surface area contributed by atoms with Crippen LogP contribution in [0.1, 0.15) is 52.1 Å². The highest BCUT2D eigenvalue weighted by atomic mass is 32.1. The van der Waals surface area contributed by atoms with Crippen LogP contribution in [0.15, 0.2) is 24.4 Å². The number of aromatic nitrogens is 4. The van der Waals surface area contributed by atoms with E-state index in [-0.39, 0.29) is 12.1 Å². The molecule has 0 atom stereocenters. The first-order chi connectivity index (χ1) is 17.2. The zero-order chi connectivity index (χ0) is 25.5. The Morgan fingerprint density at radius 2 is 1.97 bits per heavy atom. The molecule has 1 amide bonds. The summed E-state index contributed by atoms with van der Waals surface area (Å²) in [6.07, 6.45) is 4.37. The molecule has 3 aromatic heterocycles. The standard InChI is InChI=1S/C24H34N8O3S/c1-24(2,3)35-23(34)27-12-11-25-14-16-13-19(32-22-30-18-5-4-10-26-20(18)36-22)31-21(29-16)28-15-6-8-17(33)9-7-15/h4-5,10,13,15,17,25,33H,6-9,11-12,14H2,1-3H3,(H,27,34)(H2,28,29,30,31,32). The van der Waals surface area contributed by atoms with Crippen molar-refractivity contribution in [3.63, 3.8) is 0 Å². The molecule has 1 saturated carbocycles. The van der Waals surface area contributed by atoms with Gasteiger partial charge in [0.25, 0.3) is 0 Å². The molecule has 4 rings (SSSR count). The number of pyridine rings is 1. The summed E-state index contributed by atoms with van der Waals surface area (Å²) in [6.45, 7) is 6.97. The summed E-state index contributed by atoms with van der Waals surface area (Å²) in [5.74, 6) is 1.16. The molecule has 0 unspecified atom stereocenters. The maximum atomic E-state index is 11.8. The van der Waals surface area contributed by atoms with E-state index in [4.69, 9.17) is 4.74 Å². The van der Waals surface area contributed by atoms with E-state index in [0.29, 0.717) is 36.5 Å². The third-order valence-corrected chi connectivity index (χ3v) is 6.38. The number of ether oxygens (including phenoxy) is 1. The van der Waals surface area contributed by atoms with Crippen molar-refractivity contribution in [2.24, 2.45) is 0 Å². The van der Waals surface area contributed by atoms with Gasteiger partial charge in [-0.3, -0.25) is 0 Å². The number of alkyl carbamates (subject to hydrolysis) is 1. The second-order valence-electron chi connectivity index (χ2n) is 9.80. The number of amides is 1. The molecular formula is C24H34N8O3S.